The first kappa shape index (κ1) is 13.0. The normalized spacial score (nSPS) is 16.8. The van der Waals surface area contributed by atoms with Crippen LogP contribution in [0.1, 0.15) is 38.9 Å². The fraction of sp³-hybridized carbons (Fsp3) is 0.615. The molecular weight excluding hydrogens is 198 g/mol. The van der Waals surface area contributed by atoms with Crippen LogP contribution < -0.4 is 5.73 Å². The van der Waals surface area contributed by atoms with Gasteiger partial charge in [0.05, 0.1) is 5.69 Å². The van der Waals surface area contributed by atoms with Crippen LogP contribution in [0.4, 0.5) is 0 Å². The molecule has 16 heavy (non-hydrogen) atoms. The van der Waals surface area contributed by atoms with E-state index in [1.807, 2.05) is 17.0 Å². The smallest absolute Gasteiger partial charge is 0.0633 e. The summed E-state index contributed by atoms with van der Waals surface area (Å²) in [6, 6.07) is 2.53. The van der Waals surface area contributed by atoms with Crippen molar-refractivity contribution in [1.29, 1.82) is 0 Å². The van der Waals surface area contributed by atoms with Gasteiger partial charge in [-0.3, -0.25) is 4.68 Å². The highest BCUT2D eigenvalue weighted by molar-refractivity contribution is 5.07. The molecule has 1 aromatic rings. The molecule has 0 fully saturated rings. The fourth-order valence-corrected chi connectivity index (χ4v) is 1.55. The number of hydrogen-bond donors (Lipinski definition) is 1. The first-order chi connectivity index (χ1) is 7.54. The second-order valence-corrected chi connectivity index (χ2v) is 4.78. The van der Waals surface area contributed by atoms with Crippen molar-refractivity contribution in [1.82, 2.24) is 9.78 Å². The van der Waals surface area contributed by atoms with Gasteiger partial charge >= 0.3 is 0 Å². The van der Waals surface area contributed by atoms with Crippen molar-refractivity contribution in [3.05, 3.63) is 30.6 Å². The second-order valence-electron chi connectivity index (χ2n) is 4.78. The van der Waals surface area contributed by atoms with Gasteiger partial charge in [0.1, 0.15) is 0 Å². The summed E-state index contributed by atoms with van der Waals surface area (Å²) in [6.07, 6.45) is 5.92. The van der Waals surface area contributed by atoms with Crippen molar-refractivity contribution in [3.63, 3.8) is 0 Å². The van der Waals surface area contributed by atoms with Gasteiger partial charge < -0.3 is 5.73 Å². The molecule has 2 atom stereocenters. The predicted molar refractivity (Wildman–Crippen MR) is 68.3 cm³/mol. The molecular formula is C13H23N3. The Labute approximate surface area is 98.3 Å². The minimum Gasteiger partial charge on any atom is -0.330 e. The zero-order chi connectivity index (χ0) is 12.2. The lowest BCUT2D eigenvalue weighted by Crippen LogP contribution is -2.27. The Bertz CT molecular complexity index is 343. The van der Waals surface area contributed by atoms with E-state index in [0.29, 0.717) is 12.6 Å². The number of rotatable bonds is 6. The fourth-order valence-electron chi connectivity index (χ4n) is 1.55. The Morgan fingerprint density at radius 2 is 2.38 bits per heavy atom. The zero-order valence-electron chi connectivity index (χ0n) is 10.6. The molecule has 1 rings (SSSR count). The van der Waals surface area contributed by atoms with Crippen molar-refractivity contribution < 1.29 is 0 Å². The molecule has 1 heterocycles. The van der Waals surface area contributed by atoms with Crippen LogP contribution in [0.5, 0.6) is 0 Å². The number of nitrogens with zero attached hydrogens (tertiary/aromatic N) is 2. The van der Waals surface area contributed by atoms with Gasteiger partial charge in [-0.05, 0) is 19.4 Å². The van der Waals surface area contributed by atoms with Crippen LogP contribution in [0.25, 0.3) is 0 Å². The zero-order valence-corrected chi connectivity index (χ0v) is 10.6. The summed E-state index contributed by atoms with van der Waals surface area (Å²) < 4.78 is 2.02. The standard InChI is InChI=1S/C13H23N3/c1-5-11(3)16-8-7-12(15-16)9-13(4,6-2)10-14/h6-8,11H,2,5,9-10,14H2,1,3-4H3. The van der Waals surface area contributed by atoms with Crippen molar-refractivity contribution >= 4 is 0 Å². The van der Waals surface area contributed by atoms with E-state index >= 15 is 0 Å². The summed E-state index contributed by atoms with van der Waals surface area (Å²) in [5, 5.41) is 4.58. The van der Waals surface area contributed by atoms with Gasteiger partial charge in [-0.15, -0.1) is 6.58 Å². The summed E-state index contributed by atoms with van der Waals surface area (Å²) in [6.45, 7) is 10.9. The Kier molecular flexibility index (Phi) is 4.30. The van der Waals surface area contributed by atoms with Gasteiger partial charge in [0.15, 0.2) is 0 Å². The average molecular weight is 221 g/mol. The lowest BCUT2D eigenvalue weighted by molar-refractivity contribution is 0.421. The summed E-state index contributed by atoms with van der Waals surface area (Å²) in [7, 11) is 0. The van der Waals surface area contributed by atoms with E-state index in [0.717, 1.165) is 18.5 Å². The largest absolute Gasteiger partial charge is 0.330 e. The molecule has 90 valence electrons. The maximum absolute atomic E-state index is 5.75. The second kappa shape index (κ2) is 5.30. The van der Waals surface area contributed by atoms with E-state index in [4.69, 9.17) is 5.73 Å². The molecule has 2 unspecified atom stereocenters. The molecule has 0 aromatic carbocycles. The average Bonchev–Trinajstić information content (AvgIpc) is 2.76. The molecule has 0 aliphatic carbocycles. The number of hydrogen-bond acceptors (Lipinski definition) is 2. The van der Waals surface area contributed by atoms with Gasteiger partial charge in [-0.25, -0.2) is 0 Å². The Morgan fingerprint density at radius 3 is 2.88 bits per heavy atom. The van der Waals surface area contributed by atoms with E-state index in [2.05, 4.69) is 38.5 Å². The highest BCUT2D eigenvalue weighted by Gasteiger charge is 2.20. The molecule has 0 saturated carbocycles. The van der Waals surface area contributed by atoms with Crippen LogP contribution in [0.15, 0.2) is 24.9 Å². The first-order valence-electron chi connectivity index (χ1n) is 5.92. The van der Waals surface area contributed by atoms with Crippen molar-refractivity contribution in [2.24, 2.45) is 11.1 Å². The van der Waals surface area contributed by atoms with Crippen molar-refractivity contribution in [2.75, 3.05) is 6.54 Å². The van der Waals surface area contributed by atoms with E-state index in [-0.39, 0.29) is 5.41 Å². The maximum Gasteiger partial charge on any atom is 0.0633 e. The maximum atomic E-state index is 5.75. The molecule has 0 aliphatic heterocycles. The predicted octanol–water partition coefficient (Wildman–Crippen LogP) is 2.55. The van der Waals surface area contributed by atoms with Crippen LogP contribution in [-0.4, -0.2) is 16.3 Å². The molecule has 1 aromatic heterocycles. The molecule has 2 N–H and O–H groups in total. The van der Waals surface area contributed by atoms with Crippen LogP contribution in [0, 0.1) is 5.41 Å². The van der Waals surface area contributed by atoms with E-state index < -0.39 is 0 Å². The van der Waals surface area contributed by atoms with Crippen molar-refractivity contribution in [2.45, 2.75) is 39.7 Å². The lowest BCUT2D eigenvalue weighted by atomic mass is 9.86. The van der Waals surface area contributed by atoms with Crippen LogP contribution in [-0.2, 0) is 6.42 Å². The highest BCUT2D eigenvalue weighted by atomic mass is 15.3. The SMILES string of the molecule is C=CC(C)(CN)Cc1ccn(C(C)CC)n1. The third-order valence-electron chi connectivity index (χ3n) is 3.25. The van der Waals surface area contributed by atoms with Crippen LogP contribution in [0.3, 0.4) is 0 Å². The Balaban J connectivity index is 2.75. The summed E-state index contributed by atoms with van der Waals surface area (Å²) >= 11 is 0. The number of nitrogens with two attached hydrogens (primary N) is 1. The molecule has 0 saturated heterocycles. The van der Waals surface area contributed by atoms with E-state index in [1.54, 1.807) is 0 Å². The molecule has 0 spiro atoms. The highest BCUT2D eigenvalue weighted by Crippen LogP contribution is 2.22. The topological polar surface area (TPSA) is 43.8 Å². The Hall–Kier alpha value is -1.09. The molecule has 3 nitrogen and oxygen atoms in total. The molecule has 0 radical (unpaired) electrons. The third kappa shape index (κ3) is 2.95. The Morgan fingerprint density at radius 1 is 1.69 bits per heavy atom. The number of aromatic nitrogens is 2. The quantitative estimate of drug-likeness (QED) is 0.750. The van der Waals surface area contributed by atoms with E-state index in [9.17, 15) is 0 Å². The van der Waals surface area contributed by atoms with Gasteiger partial charge in [0.25, 0.3) is 0 Å². The van der Waals surface area contributed by atoms with Gasteiger partial charge in [-0.1, -0.05) is 19.9 Å². The van der Waals surface area contributed by atoms with E-state index in [1.165, 1.54) is 0 Å². The molecule has 0 bridgehead atoms. The van der Waals surface area contributed by atoms with Gasteiger partial charge in [0.2, 0.25) is 0 Å². The minimum absolute atomic E-state index is 0.0470. The van der Waals surface area contributed by atoms with Gasteiger partial charge in [0, 0.05) is 30.6 Å². The minimum atomic E-state index is -0.0470. The van der Waals surface area contributed by atoms with Crippen LogP contribution >= 0.6 is 0 Å². The summed E-state index contributed by atoms with van der Waals surface area (Å²) in [5.41, 5.74) is 6.80. The molecule has 3 heteroatoms. The monoisotopic (exact) mass is 221 g/mol. The molecule has 0 aliphatic rings. The lowest BCUT2D eigenvalue weighted by Gasteiger charge is -2.22. The summed E-state index contributed by atoms with van der Waals surface area (Å²) in [4.78, 5) is 0. The first-order valence-corrected chi connectivity index (χ1v) is 5.92. The van der Waals surface area contributed by atoms with Crippen molar-refractivity contribution in [3.8, 4) is 0 Å². The van der Waals surface area contributed by atoms with Crippen LogP contribution in [0.2, 0.25) is 0 Å². The van der Waals surface area contributed by atoms with Gasteiger partial charge in [-0.2, -0.15) is 5.10 Å². The summed E-state index contributed by atoms with van der Waals surface area (Å²) in [5.74, 6) is 0. The third-order valence-corrected chi connectivity index (χ3v) is 3.25. The molecule has 0 amide bonds.